The molecule has 0 saturated carbocycles. The number of nitrogens with zero attached hydrogens (tertiary/aromatic N) is 1. The molecule has 2 nitrogen and oxygen atoms in total. The summed E-state index contributed by atoms with van der Waals surface area (Å²) in [7, 11) is 0. The summed E-state index contributed by atoms with van der Waals surface area (Å²) >= 11 is 1.83. The van der Waals surface area contributed by atoms with Gasteiger partial charge in [0.05, 0.1) is 0 Å². The van der Waals surface area contributed by atoms with Crippen LogP contribution in [0, 0.1) is 4.91 Å². The fourth-order valence-corrected chi connectivity index (χ4v) is 1.82. The molecule has 1 unspecified atom stereocenters. The molecule has 3 heteroatoms. The maximum absolute atomic E-state index is 10.2. The monoisotopic (exact) mass is 175 g/mol. The first-order valence-electron chi connectivity index (χ1n) is 4.25. The molecule has 0 saturated heterocycles. The fourth-order valence-electron chi connectivity index (χ4n) is 0.863. The lowest BCUT2D eigenvalue weighted by Crippen LogP contribution is -2.06. The Morgan fingerprint density at radius 1 is 1.36 bits per heavy atom. The molecule has 0 rings (SSSR count). The van der Waals surface area contributed by atoms with E-state index in [1.165, 1.54) is 6.42 Å². The molecule has 0 aliphatic rings. The van der Waals surface area contributed by atoms with Crippen molar-refractivity contribution in [1.82, 2.24) is 0 Å². The molecule has 0 bridgehead atoms. The normalized spacial score (nSPS) is 12.9. The van der Waals surface area contributed by atoms with Crippen molar-refractivity contribution in [3.63, 3.8) is 0 Å². The van der Waals surface area contributed by atoms with Crippen molar-refractivity contribution in [3.05, 3.63) is 4.91 Å². The van der Waals surface area contributed by atoms with E-state index < -0.39 is 0 Å². The second-order valence-corrected chi connectivity index (χ2v) is 3.77. The first-order chi connectivity index (χ1) is 5.35. The molecule has 1 atom stereocenters. The lowest BCUT2D eigenvalue weighted by Gasteiger charge is -2.05. The average Bonchev–Trinajstić information content (AvgIpc) is 2.03. The Balaban J connectivity index is 3.28. The van der Waals surface area contributed by atoms with Crippen LogP contribution in [0.4, 0.5) is 0 Å². The standard InChI is InChI=1S/C8H17NOS/c1-3-5-8(9-10)7-11-6-4-2/h8H,3-7H2,1-2H3. The molecule has 66 valence electrons. The molecule has 0 spiro atoms. The number of hydrogen-bond acceptors (Lipinski definition) is 3. The molecule has 0 aromatic heterocycles. The van der Waals surface area contributed by atoms with Gasteiger partial charge in [-0.2, -0.15) is 16.7 Å². The summed E-state index contributed by atoms with van der Waals surface area (Å²) in [4.78, 5) is 10.2. The van der Waals surface area contributed by atoms with Crippen LogP contribution in [0.5, 0.6) is 0 Å². The molecule has 0 aliphatic heterocycles. The van der Waals surface area contributed by atoms with Crippen LogP contribution in [0.3, 0.4) is 0 Å². The largest absolute Gasteiger partial charge is 0.160 e. The van der Waals surface area contributed by atoms with E-state index in [9.17, 15) is 4.91 Å². The van der Waals surface area contributed by atoms with Gasteiger partial charge in [-0.25, -0.2) is 0 Å². The zero-order valence-electron chi connectivity index (χ0n) is 7.38. The zero-order chi connectivity index (χ0) is 8.53. The maximum atomic E-state index is 10.2. The average molecular weight is 175 g/mol. The Morgan fingerprint density at radius 3 is 2.55 bits per heavy atom. The highest BCUT2D eigenvalue weighted by atomic mass is 32.2. The van der Waals surface area contributed by atoms with Gasteiger partial charge in [0, 0.05) is 5.75 Å². The Kier molecular flexibility index (Phi) is 8.01. The molecule has 0 aliphatic carbocycles. The smallest absolute Gasteiger partial charge is 0.101 e. The van der Waals surface area contributed by atoms with Crippen molar-refractivity contribution >= 4 is 11.8 Å². The molecule has 0 amide bonds. The van der Waals surface area contributed by atoms with E-state index in [1.54, 1.807) is 0 Å². The van der Waals surface area contributed by atoms with Crippen LogP contribution in [0.1, 0.15) is 33.1 Å². The van der Waals surface area contributed by atoms with Gasteiger partial charge in [0.1, 0.15) is 6.04 Å². The van der Waals surface area contributed by atoms with Gasteiger partial charge < -0.3 is 0 Å². The molecule has 0 radical (unpaired) electrons. The molecule has 0 heterocycles. The second-order valence-electron chi connectivity index (χ2n) is 2.62. The van der Waals surface area contributed by atoms with Crippen molar-refractivity contribution in [1.29, 1.82) is 0 Å². The lowest BCUT2D eigenvalue weighted by atomic mass is 10.2. The minimum Gasteiger partial charge on any atom is -0.160 e. The molecule has 0 N–H and O–H groups in total. The lowest BCUT2D eigenvalue weighted by molar-refractivity contribution is 0.658. The summed E-state index contributed by atoms with van der Waals surface area (Å²) in [5.41, 5.74) is 0. The molecular formula is C8H17NOS. The van der Waals surface area contributed by atoms with Crippen LogP contribution < -0.4 is 0 Å². The van der Waals surface area contributed by atoms with Crippen LogP contribution >= 0.6 is 11.8 Å². The van der Waals surface area contributed by atoms with Crippen LogP contribution in [0.25, 0.3) is 0 Å². The van der Waals surface area contributed by atoms with E-state index in [0.717, 1.165) is 24.3 Å². The van der Waals surface area contributed by atoms with E-state index in [2.05, 4.69) is 19.0 Å². The quantitative estimate of drug-likeness (QED) is 0.439. The van der Waals surface area contributed by atoms with Gasteiger partial charge in [0.2, 0.25) is 0 Å². The third kappa shape index (κ3) is 6.35. The third-order valence-electron chi connectivity index (χ3n) is 1.43. The highest BCUT2D eigenvalue weighted by molar-refractivity contribution is 7.99. The Bertz CT molecular complexity index is 98.1. The molecule has 11 heavy (non-hydrogen) atoms. The molecule has 0 aromatic rings. The number of thioether (sulfide) groups is 1. The third-order valence-corrected chi connectivity index (χ3v) is 2.75. The Morgan fingerprint density at radius 2 is 2.09 bits per heavy atom. The number of nitroso groups, excluding NO2 is 1. The van der Waals surface area contributed by atoms with Crippen molar-refractivity contribution < 1.29 is 0 Å². The maximum Gasteiger partial charge on any atom is 0.101 e. The second kappa shape index (κ2) is 8.05. The van der Waals surface area contributed by atoms with Crippen LogP contribution in [-0.4, -0.2) is 17.5 Å². The van der Waals surface area contributed by atoms with Gasteiger partial charge in [-0.1, -0.05) is 25.4 Å². The number of hydrogen-bond donors (Lipinski definition) is 0. The van der Waals surface area contributed by atoms with Crippen molar-refractivity contribution in [2.24, 2.45) is 5.18 Å². The van der Waals surface area contributed by atoms with Crippen molar-refractivity contribution in [2.75, 3.05) is 11.5 Å². The predicted octanol–water partition coefficient (Wildman–Crippen LogP) is 3.06. The fraction of sp³-hybridized carbons (Fsp3) is 1.00. The SMILES string of the molecule is CCCSCC(CCC)N=O. The van der Waals surface area contributed by atoms with Crippen LogP contribution in [0.15, 0.2) is 5.18 Å². The number of rotatable bonds is 7. The van der Waals surface area contributed by atoms with Gasteiger partial charge in [0.15, 0.2) is 0 Å². The Hall–Kier alpha value is -0.0500. The summed E-state index contributed by atoms with van der Waals surface area (Å²) in [6, 6.07) is 0.0524. The first kappa shape index (κ1) is 11.0. The van der Waals surface area contributed by atoms with Gasteiger partial charge >= 0.3 is 0 Å². The predicted molar refractivity (Wildman–Crippen MR) is 52.1 cm³/mol. The van der Waals surface area contributed by atoms with Gasteiger partial charge in [-0.3, -0.25) is 0 Å². The summed E-state index contributed by atoms with van der Waals surface area (Å²) in [6.45, 7) is 4.23. The summed E-state index contributed by atoms with van der Waals surface area (Å²) in [5.74, 6) is 2.06. The van der Waals surface area contributed by atoms with Gasteiger partial charge in [-0.05, 0) is 18.6 Å². The van der Waals surface area contributed by atoms with Crippen LogP contribution in [0.2, 0.25) is 0 Å². The molecule has 0 aromatic carbocycles. The molecule has 0 fully saturated rings. The summed E-state index contributed by atoms with van der Waals surface area (Å²) in [6.07, 6.45) is 3.19. The van der Waals surface area contributed by atoms with E-state index in [0.29, 0.717) is 0 Å². The first-order valence-corrected chi connectivity index (χ1v) is 5.40. The zero-order valence-corrected chi connectivity index (χ0v) is 8.19. The highest BCUT2D eigenvalue weighted by Gasteiger charge is 2.05. The van der Waals surface area contributed by atoms with Gasteiger partial charge in [0.25, 0.3) is 0 Å². The van der Waals surface area contributed by atoms with Crippen LogP contribution in [-0.2, 0) is 0 Å². The minimum atomic E-state index is 0.0524. The topological polar surface area (TPSA) is 29.4 Å². The minimum absolute atomic E-state index is 0.0524. The molecular weight excluding hydrogens is 158 g/mol. The van der Waals surface area contributed by atoms with E-state index in [4.69, 9.17) is 0 Å². The summed E-state index contributed by atoms with van der Waals surface area (Å²) < 4.78 is 0. The summed E-state index contributed by atoms with van der Waals surface area (Å²) in [5, 5.41) is 3.08. The van der Waals surface area contributed by atoms with Crippen molar-refractivity contribution in [2.45, 2.75) is 39.2 Å². The van der Waals surface area contributed by atoms with E-state index in [1.807, 2.05) is 11.8 Å². The van der Waals surface area contributed by atoms with Crippen molar-refractivity contribution in [3.8, 4) is 0 Å². The Labute approximate surface area is 73.1 Å². The van der Waals surface area contributed by atoms with E-state index in [-0.39, 0.29) is 6.04 Å². The van der Waals surface area contributed by atoms with Gasteiger partial charge in [-0.15, -0.1) is 0 Å². The highest BCUT2D eigenvalue weighted by Crippen LogP contribution is 2.10. The van der Waals surface area contributed by atoms with E-state index >= 15 is 0 Å².